The lowest BCUT2D eigenvalue weighted by atomic mass is 9.97. The van der Waals surface area contributed by atoms with Gasteiger partial charge in [0.15, 0.2) is 0 Å². The number of carboxylic acids is 1. The first-order valence-corrected chi connectivity index (χ1v) is 11.2. The topological polar surface area (TPSA) is 57.6 Å². The zero-order chi connectivity index (χ0) is 19.0. The van der Waals surface area contributed by atoms with Gasteiger partial charge in [0.1, 0.15) is 0 Å². The summed E-state index contributed by atoms with van der Waals surface area (Å²) in [7, 11) is 0. The summed E-state index contributed by atoms with van der Waals surface area (Å²) in [5.41, 5.74) is 0. The van der Waals surface area contributed by atoms with E-state index >= 15 is 0 Å². The fraction of sp³-hybridized carbons (Fsp3) is 0.909. The number of aliphatic carboxylic acids is 1. The molecule has 152 valence electrons. The average Bonchev–Trinajstić information content (AvgIpc) is 2.65. The summed E-state index contributed by atoms with van der Waals surface area (Å²) in [4.78, 5) is 25.0. The number of likely N-dealkylation sites (tertiary alicyclic amines) is 1. The summed E-state index contributed by atoms with van der Waals surface area (Å²) in [6.07, 6.45) is 19.0. The molecule has 0 atom stereocenters. The number of carbonyl (C=O) groups is 2. The highest BCUT2D eigenvalue weighted by Crippen LogP contribution is 2.19. The van der Waals surface area contributed by atoms with E-state index in [-0.39, 0.29) is 11.8 Å². The van der Waals surface area contributed by atoms with E-state index in [9.17, 15) is 9.59 Å². The van der Waals surface area contributed by atoms with Crippen LogP contribution in [-0.2, 0) is 9.59 Å². The van der Waals surface area contributed by atoms with Crippen molar-refractivity contribution in [3.05, 3.63) is 0 Å². The number of piperidine rings is 1. The fourth-order valence-electron chi connectivity index (χ4n) is 3.83. The first-order chi connectivity index (χ1) is 12.6. The second kappa shape index (κ2) is 15.0. The van der Waals surface area contributed by atoms with Crippen molar-refractivity contribution in [2.24, 2.45) is 5.92 Å². The quantitative estimate of drug-likeness (QED) is 0.373. The van der Waals surface area contributed by atoms with Crippen LogP contribution in [0.1, 0.15) is 110 Å². The van der Waals surface area contributed by atoms with Crippen molar-refractivity contribution in [1.82, 2.24) is 4.90 Å². The summed E-state index contributed by atoms with van der Waals surface area (Å²) in [5.74, 6) is -0.749. The summed E-state index contributed by atoms with van der Waals surface area (Å²) in [5, 5.41) is 9.00. The predicted molar refractivity (Wildman–Crippen MR) is 107 cm³/mol. The van der Waals surface area contributed by atoms with Gasteiger partial charge in [0.2, 0.25) is 5.91 Å². The van der Waals surface area contributed by atoms with Gasteiger partial charge in [-0.25, -0.2) is 0 Å². The third-order valence-electron chi connectivity index (χ3n) is 5.69. The molecular weight excluding hydrogens is 326 g/mol. The van der Waals surface area contributed by atoms with Crippen molar-refractivity contribution in [2.75, 3.05) is 13.1 Å². The molecule has 0 aromatic carbocycles. The highest BCUT2D eigenvalue weighted by Gasteiger charge is 2.26. The maximum absolute atomic E-state index is 12.2. The van der Waals surface area contributed by atoms with E-state index in [4.69, 9.17) is 5.11 Å². The van der Waals surface area contributed by atoms with E-state index in [1.807, 2.05) is 4.90 Å². The van der Waals surface area contributed by atoms with Crippen LogP contribution in [0.5, 0.6) is 0 Å². The van der Waals surface area contributed by atoms with Gasteiger partial charge in [-0.2, -0.15) is 0 Å². The predicted octanol–water partition coefficient (Wildman–Crippen LogP) is 5.79. The van der Waals surface area contributed by atoms with Crippen LogP contribution in [0.15, 0.2) is 0 Å². The third kappa shape index (κ3) is 10.8. The van der Waals surface area contributed by atoms with Crippen LogP contribution in [-0.4, -0.2) is 35.0 Å². The second-order valence-electron chi connectivity index (χ2n) is 7.99. The first kappa shape index (κ1) is 23.0. The molecule has 0 radical (unpaired) electrons. The van der Waals surface area contributed by atoms with Crippen molar-refractivity contribution in [1.29, 1.82) is 0 Å². The Balaban J connectivity index is 1.86. The molecule has 1 heterocycles. The van der Waals surface area contributed by atoms with E-state index in [1.54, 1.807) is 0 Å². The van der Waals surface area contributed by atoms with Crippen LogP contribution in [0.3, 0.4) is 0 Å². The Morgan fingerprint density at radius 2 is 1.19 bits per heavy atom. The molecule has 0 saturated carbocycles. The Bertz CT molecular complexity index is 376. The molecular formula is C22H41NO3. The lowest BCUT2D eigenvalue weighted by Crippen LogP contribution is -2.40. The Morgan fingerprint density at radius 3 is 1.62 bits per heavy atom. The van der Waals surface area contributed by atoms with Crippen LogP contribution in [0.2, 0.25) is 0 Å². The molecule has 26 heavy (non-hydrogen) atoms. The summed E-state index contributed by atoms with van der Waals surface area (Å²) < 4.78 is 0. The molecule has 4 heteroatoms. The van der Waals surface area contributed by atoms with E-state index in [0.29, 0.717) is 32.4 Å². The maximum Gasteiger partial charge on any atom is 0.306 e. The van der Waals surface area contributed by atoms with Gasteiger partial charge in [0.25, 0.3) is 0 Å². The smallest absolute Gasteiger partial charge is 0.306 e. The molecule has 0 bridgehead atoms. The van der Waals surface area contributed by atoms with Crippen LogP contribution >= 0.6 is 0 Å². The van der Waals surface area contributed by atoms with Crippen molar-refractivity contribution in [3.63, 3.8) is 0 Å². The minimum atomic E-state index is -0.714. The van der Waals surface area contributed by atoms with E-state index in [1.165, 1.54) is 70.6 Å². The minimum absolute atomic E-state index is 0.219. The molecule has 0 aliphatic carbocycles. The van der Waals surface area contributed by atoms with Crippen molar-refractivity contribution < 1.29 is 14.7 Å². The summed E-state index contributed by atoms with van der Waals surface area (Å²) >= 11 is 0. The third-order valence-corrected chi connectivity index (χ3v) is 5.69. The number of carboxylic acid groups (broad SMARTS) is 1. The van der Waals surface area contributed by atoms with Crippen LogP contribution < -0.4 is 0 Å². The number of unbranched alkanes of at least 4 members (excludes halogenated alkanes) is 12. The molecule has 1 rings (SSSR count). The average molecular weight is 368 g/mol. The first-order valence-electron chi connectivity index (χ1n) is 11.2. The second-order valence-corrected chi connectivity index (χ2v) is 7.99. The lowest BCUT2D eigenvalue weighted by Gasteiger charge is -2.30. The van der Waals surface area contributed by atoms with E-state index in [2.05, 4.69) is 6.92 Å². The molecule has 1 saturated heterocycles. The summed E-state index contributed by atoms with van der Waals surface area (Å²) in [6, 6.07) is 0. The number of hydrogen-bond donors (Lipinski definition) is 1. The van der Waals surface area contributed by atoms with E-state index < -0.39 is 5.97 Å². The van der Waals surface area contributed by atoms with Crippen molar-refractivity contribution in [3.8, 4) is 0 Å². The highest BCUT2D eigenvalue weighted by molar-refractivity contribution is 5.77. The molecule has 0 spiro atoms. The number of amides is 1. The Hall–Kier alpha value is -1.06. The molecule has 0 aromatic heterocycles. The fourth-order valence-corrected chi connectivity index (χ4v) is 3.83. The van der Waals surface area contributed by atoms with Crippen LogP contribution in [0.25, 0.3) is 0 Å². The van der Waals surface area contributed by atoms with Crippen LogP contribution in [0.4, 0.5) is 0 Å². The van der Waals surface area contributed by atoms with Gasteiger partial charge < -0.3 is 10.0 Å². The van der Waals surface area contributed by atoms with Gasteiger partial charge in [-0.1, -0.05) is 84.0 Å². The molecule has 1 N–H and O–H groups in total. The number of carbonyl (C=O) groups excluding carboxylic acids is 1. The monoisotopic (exact) mass is 367 g/mol. The maximum atomic E-state index is 12.2. The Labute approximate surface area is 160 Å². The van der Waals surface area contributed by atoms with Crippen molar-refractivity contribution in [2.45, 2.75) is 110 Å². The van der Waals surface area contributed by atoms with Gasteiger partial charge in [-0.05, 0) is 19.3 Å². The number of hydrogen-bond acceptors (Lipinski definition) is 2. The van der Waals surface area contributed by atoms with Gasteiger partial charge >= 0.3 is 5.97 Å². The standard InChI is InChI=1S/C22H41NO3/c1-2-3-4-5-6-7-8-9-10-11-12-13-14-15-21(24)23-18-16-20(17-19-23)22(25)26/h20H,2-19H2,1H3,(H,25,26). The van der Waals surface area contributed by atoms with Gasteiger partial charge in [-0.15, -0.1) is 0 Å². The molecule has 1 aliphatic rings. The van der Waals surface area contributed by atoms with Gasteiger partial charge in [-0.3, -0.25) is 9.59 Å². The van der Waals surface area contributed by atoms with Crippen LogP contribution in [0, 0.1) is 5.92 Å². The minimum Gasteiger partial charge on any atom is -0.481 e. The molecule has 0 unspecified atom stereocenters. The highest BCUT2D eigenvalue weighted by atomic mass is 16.4. The molecule has 1 aliphatic heterocycles. The lowest BCUT2D eigenvalue weighted by molar-refractivity contribution is -0.145. The molecule has 0 aromatic rings. The zero-order valence-corrected chi connectivity index (χ0v) is 17.0. The molecule has 1 fully saturated rings. The van der Waals surface area contributed by atoms with Crippen molar-refractivity contribution >= 4 is 11.9 Å². The Kier molecular flexibility index (Phi) is 13.3. The zero-order valence-electron chi connectivity index (χ0n) is 17.0. The largest absolute Gasteiger partial charge is 0.481 e. The Morgan fingerprint density at radius 1 is 0.769 bits per heavy atom. The normalized spacial score (nSPS) is 15.3. The molecule has 4 nitrogen and oxygen atoms in total. The number of rotatable bonds is 15. The number of nitrogens with zero attached hydrogens (tertiary/aromatic N) is 1. The summed E-state index contributed by atoms with van der Waals surface area (Å²) in [6.45, 7) is 3.50. The SMILES string of the molecule is CCCCCCCCCCCCCCCC(=O)N1CCC(C(=O)O)CC1. The van der Waals surface area contributed by atoms with Gasteiger partial charge in [0.05, 0.1) is 5.92 Å². The molecule has 1 amide bonds. The van der Waals surface area contributed by atoms with E-state index in [0.717, 1.165) is 12.8 Å². The van der Waals surface area contributed by atoms with Gasteiger partial charge in [0, 0.05) is 19.5 Å².